The van der Waals surface area contributed by atoms with Crippen LogP contribution in [0.4, 0.5) is 0 Å². The molecule has 0 spiro atoms. The molecule has 1 fully saturated rings. The van der Waals surface area contributed by atoms with Gasteiger partial charge in [-0.25, -0.2) is 13.1 Å². The highest BCUT2D eigenvalue weighted by Gasteiger charge is 2.18. The molecule has 1 amide bonds. The third-order valence-corrected chi connectivity index (χ3v) is 4.84. The Labute approximate surface area is 168 Å². The zero-order chi connectivity index (χ0) is 21.0. The first-order valence-electron chi connectivity index (χ1n) is 9.11. The van der Waals surface area contributed by atoms with Crippen LogP contribution in [0.5, 0.6) is 0 Å². The number of primary amides is 1. The quantitative estimate of drug-likeness (QED) is 0.417. The lowest BCUT2D eigenvalue weighted by molar-refractivity contribution is -0.664. The van der Waals surface area contributed by atoms with Gasteiger partial charge in [0.2, 0.25) is 10.4 Å². The maximum absolute atomic E-state index is 11.6. The summed E-state index contributed by atoms with van der Waals surface area (Å²) in [6.07, 6.45) is 4.49. The number of carbonyl (C=O) groups is 1. The number of carbonyl (C=O) groups excluding carboxylic acids is 1. The van der Waals surface area contributed by atoms with Crippen molar-refractivity contribution in [3.63, 3.8) is 0 Å². The molecule has 1 aromatic heterocycles. The number of hydrogen-bond donors (Lipinski definition) is 3. The van der Waals surface area contributed by atoms with E-state index in [9.17, 15) is 4.79 Å². The van der Waals surface area contributed by atoms with Gasteiger partial charge in [-0.05, 0) is 36.6 Å². The first kappa shape index (κ1) is 20.9. The van der Waals surface area contributed by atoms with E-state index in [4.69, 9.17) is 23.3 Å². The van der Waals surface area contributed by atoms with Gasteiger partial charge in [0.1, 0.15) is 5.52 Å². The number of quaternary nitrogens is 1. The fraction of sp³-hybridized carbons (Fsp3) is 0.263. The highest BCUT2D eigenvalue weighted by atomic mass is 32.3. The van der Waals surface area contributed by atoms with E-state index in [2.05, 4.69) is 34.7 Å². The Morgan fingerprint density at radius 1 is 1.24 bits per heavy atom. The van der Waals surface area contributed by atoms with E-state index in [1.54, 1.807) is 6.07 Å². The molecule has 1 atom stereocenters. The molecule has 1 saturated heterocycles. The van der Waals surface area contributed by atoms with Crippen molar-refractivity contribution in [2.24, 2.45) is 5.73 Å². The molecule has 2 heterocycles. The summed E-state index contributed by atoms with van der Waals surface area (Å²) < 4.78 is 34.6. The summed E-state index contributed by atoms with van der Waals surface area (Å²) in [4.78, 5) is 11.6. The van der Waals surface area contributed by atoms with Crippen LogP contribution in [0.2, 0.25) is 0 Å². The van der Waals surface area contributed by atoms with Crippen molar-refractivity contribution in [3.05, 3.63) is 59.8 Å². The minimum absolute atomic E-state index is 0.449. The van der Waals surface area contributed by atoms with Crippen molar-refractivity contribution in [2.45, 2.75) is 18.8 Å². The van der Waals surface area contributed by atoms with Gasteiger partial charge in [-0.2, -0.15) is 5.10 Å². The largest absolute Gasteiger partial charge is 0.726 e. The summed E-state index contributed by atoms with van der Waals surface area (Å²) in [7, 11) is -4.92. The average Bonchev–Trinajstić information content (AvgIpc) is 3.11. The molecule has 3 aromatic rings. The Bertz CT molecular complexity index is 1100. The average molecular weight is 418 g/mol. The number of aromatic nitrogens is 2. The Morgan fingerprint density at radius 2 is 1.93 bits per heavy atom. The third kappa shape index (κ3) is 5.61. The fourth-order valence-corrected chi connectivity index (χ4v) is 3.52. The molecule has 0 radical (unpaired) electrons. The van der Waals surface area contributed by atoms with Crippen LogP contribution in [0.3, 0.4) is 0 Å². The van der Waals surface area contributed by atoms with Gasteiger partial charge in [-0.1, -0.05) is 24.3 Å². The van der Waals surface area contributed by atoms with E-state index in [-0.39, 0.29) is 0 Å². The highest BCUT2D eigenvalue weighted by Crippen LogP contribution is 2.24. The van der Waals surface area contributed by atoms with Crippen LogP contribution < -0.4 is 11.1 Å². The van der Waals surface area contributed by atoms with Gasteiger partial charge < -0.3 is 15.6 Å². The summed E-state index contributed by atoms with van der Waals surface area (Å²) in [6.45, 7) is 2.42. The molecular formula is C19H22N4O5S. The van der Waals surface area contributed by atoms with Gasteiger partial charge in [0, 0.05) is 17.5 Å². The predicted molar refractivity (Wildman–Crippen MR) is 106 cm³/mol. The van der Waals surface area contributed by atoms with Crippen molar-refractivity contribution in [2.75, 3.05) is 13.1 Å². The van der Waals surface area contributed by atoms with Gasteiger partial charge >= 0.3 is 0 Å². The van der Waals surface area contributed by atoms with E-state index in [0.29, 0.717) is 17.0 Å². The summed E-state index contributed by atoms with van der Waals surface area (Å²) in [6, 6.07) is 14.1. The van der Waals surface area contributed by atoms with Crippen LogP contribution in [0.1, 0.15) is 34.7 Å². The number of rotatable bonds is 3. The van der Waals surface area contributed by atoms with Gasteiger partial charge in [-0.3, -0.25) is 9.35 Å². The topological polar surface area (TPSA) is 155 Å². The van der Waals surface area contributed by atoms with Crippen molar-refractivity contribution in [1.29, 1.82) is 0 Å². The number of amides is 1. The monoisotopic (exact) mass is 418 g/mol. The van der Waals surface area contributed by atoms with Crippen molar-refractivity contribution in [1.82, 2.24) is 9.78 Å². The molecule has 9 nitrogen and oxygen atoms in total. The smallest absolute Gasteiger partial charge is 0.250 e. The SMILES string of the molecule is NC(=O)c1cccc2cn(-c3ccc([C@@H]4CCC[NH2+]C4)cc3)nc12.O=S(=O)([O-])O. The summed E-state index contributed by atoms with van der Waals surface area (Å²) in [5.41, 5.74) is 8.93. The number of benzene rings is 2. The maximum Gasteiger partial charge on any atom is 0.250 e. The predicted octanol–water partition coefficient (Wildman–Crippen LogP) is 0.570. The molecule has 154 valence electrons. The first-order valence-corrected chi connectivity index (χ1v) is 10.5. The zero-order valence-corrected chi connectivity index (χ0v) is 16.4. The van der Waals surface area contributed by atoms with E-state index < -0.39 is 16.3 Å². The second-order valence-corrected chi connectivity index (χ2v) is 7.71. The van der Waals surface area contributed by atoms with Gasteiger partial charge in [-0.15, -0.1) is 0 Å². The fourth-order valence-electron chi connectivity index (χ4n) is 3.52. The lowest BCUT2D eigenvalue weighted by atomic mass is 9.92. The molecule has 2 aromatic carbocycles. The Kier molecular flexibility index (Phi) is 6.28. The molecule has 1 aliphatic rings. The third-order valence-electron chi connectivity index (χ3n) is 4.84. The van der Waals surface area contributed by atoms with Crippen LogP contribution in [0.25, 0.3) is 16.6 Å². The molecule has 1 aliphatic heterocycles. The summed E-state index contributed by atoms with van der Waals surface area (Å²) in [5, 5.41) is 7.87. The van der Waals surface area contributed by atoms with E-state index >= 15 is 0 Å². The Balaban J connectivity index is 0.000000431. The number of piperidine rings is 1. The molecule has 10 heteroatoms. The minimum Gasteiger partial charge on any atom is -0.726 e. The minimum atomic E-state index is -4.92. The first-order chi connectivity index (χ1) is 13.7. The van der Waals surface area contributed by atoms with Crippen LogP contribution in [-0.2, 0) is 10.4 Å². The number of hydrogen-bond acceptors (Lipinski definition) is 5. The van der Waals surface area contributed by atoms with E-state index in [1.807, 2.05) is 23.0 Å². The molecule has 0 aliphatic carbocycles. The highest BCUT2D eigenvalue weighted by molar-refractivity contribution is 7.79. The molecule has 4 rings (SSSR count). The van der Waals surface area contributed by atoms with Gasteiger partial charge in [0.15, 0.2) is 0 Å². The second kappa shape index (κ2) is 8.70. The van der Waals surface area contributed by atoms with Crippen molar-refractivity contribution < 1.29 is 27.6 Å². The molecule has 0 saturated carbocycles. The Morgan fingerprint density at radius 3 is 2.52 bits per heavy atom. The van der Waals surface area contributed by atoms with Crippen LogP contribution in [-0.4, -0.2) is 46.3 Å². The van der Waals surface area contributed by atoms with E-state index in [0.717, 1.165) is 11.1 Å². The number of nitrogens with zero attached hydrogens (tertiary/aromatic N) is 2. The molecule has 0 bridgehead atoms. The lowest BCUT2D eigenvalue weighted by Crippen LogP contribution is -2.86. The van der Waals surface area contributed by atoms with Crippen molar-refractivity contribution >= 4 is 27.2 Å². The standard InChI is InChI=1S/C19H20N4O.H2O4S/c20-19(24)17-5-1-3-15-12-23(22-18(15)17)16-8-6-13(7-9-16)14-4-2-10-21-11-14;1-5(2,3)4/h1,3,5-9,12,14,21H,2,4,10-11H2,(H2,20,24);(H2,1,2,3,4)/t14-;/m1./s1. The van der Waals surface area contributed by atoms with E-state index in [1.165, 1.54) is 31.5 Å². The molecule has 0 unspecified atom stereocenters. The van der Waals surface area contributed by atoms with Crippen molar-refractivity contribution in [3.8, 4) is 5.69 Å². The lowest BCUT2D eigenvalue weighted by Gasteiger charge is -2.20. The zero-order valence-electron chi connectivity index (χ0n) is 15.6. The number of nitrogens with two attached hydrogens (primary N) is 2. The Hall–Kier alpha value is -2.79. The number of fused-ring (bicyclic) bond motifs is 1. The van der Waals surface area contributed by atoms with Gasteiger partial charge in [0.25, 0.3) is 5.91 Å². The molecule has 29 heavy (non-hydrogen) atoms. The normalized spacial score (nSPS) is 16.8. The summed E-state index contributed by atoms with van der Waals surface area (Å²) >= 11 is 0. The molecular weight excluding hydrogens is 396 g/mol. The van der Waals surface area contributed by atoms with Crippen LogP contribution >= 0.6 is 0 Å². The van der Waals surface area contributed by atoms with Crippen LogP contribution in [0, 0.1) is 0 Å². The maximum atomic E-state index is 11.6. The second-order valence-electron chi connectivity index (χ2n) is 6.85. The summed E-state index contributed by atoms with van der Waals surface area (Å²) in [5.74, 6) is 0.195. The van der Waals surface area contributed by atoms with Crippen LogP contribution in [0.15, 0.2) is 48.7 Å². The molecule has 5 N–H and O–H groups in total. The van der Waals surface area contributed by atoms with Gasteiger partial charge in [0.05, 0.1) is 24.3 Å².